The van der Waals surface area contributed by atoms with Gasteiger partial charge in [0.25, 0.3) is 0 Å². The number of rotatable bonds is 5. The number of ketones is 1. The molecule has 3 rings (SSSR count). The Labute approximate surface area is 156 Å². The first kappa shape index (κ1) is 18.5. The minimum absolute atomic E-state index is 0.131. The van der Waals surface area contributed by atoms with Gasteiger partial charge in [-0.05, 0) is 49.3 Å². The lowest BCUT2D eigenvalue weighted by Gasteiger charge is -2.18. The van der Waals surface area contributed by atoms with Gasteiger partial charge in [-0.1, -0.05) is 19.3 Å². The van der Waals surface area contributed by atoms with Crippen LogP contribution in [0.25, 0.3) is 6.08 Å². The van der Waals surface area contributed by atoms with Crippen molar-refractivity contribution in [2.24, 2.45) is 5.92 Å². The smallest absolute Gasteiger partial charge is 0.230 e. The Bertz CT molecular complexity index is 807. The van der Waals surface area contributed by atoms with Crippen LogP contribution in [-0.4, -0.2) is 16.7 Å². The Kier molecular flexibility index (Phi) is 5.93. The van der Waals surface area contributed by atoms with Crippen molar-refractivity contribution < 1.29 is 14.0 Å². The minimum atomic E-state index is -0.360. The van der Waals surface area contributed by atoms with E-state index in [9.17, 15) is 14.0 Å². The molecule has 1 aliphatic rings. The molecule has 0 atom stereocenters. The zero-order valence-electron chi connectivity index (χ0n) is 14.7. The van der Waals surface area contributed by atoms with Gasteiger partial charge in [0.15, 0.2) is 10.9 Å². The number of halogens is 1. The van der Waals surface area contributed by atoms with Crippen LogP contribution in [0.3, 0.4) is 0 Å². The van der Waals surface area contributed by atoms with Gasteiger partial charge in [-0.3, -0.25) is 14.5 Å². The van der Waals surface area contributed by atoms with E-state index in [4.69, 9.17) is 0 Å². The van der Waals surface area contributed by atoms with Gasteiger partial charge in [0.2, 0.25) is 5.91 Å². The number of carbonyl (C=O) groups excluding carboxylic acids is 2. The van der Waals surface area contributed by atoms with Crippen molar-refractivity contribution in [3.63, 3.8) is 0 Å². The van der Waals surface area contributed by atoms with E-state index < -0.39 is 0 Å². The molecule has 1 aromatic carbocycles. The van der Waals surface area contributed by atoms with Gasteiger partial charge in [0, 0.05) is 18.2 Å². The van der Waals surface area contributed by atoms with Crippen LogP contribution >= 0.6 is 11.3 Å². The molecule has 26 heavy (non-hydrogen) atoms. The van der Waals surface area contributed by atoms with E-state index in [-0.39, 0.29) is 23.4 Å². The van der Waals surface area contributed by atoms with Gasteiger partial charge < -0.3 is 0 Å². The largest absolute Gasteiger partial charge is 0.295 e. The zero-order valence-corrected chi connectivity index (χ0v) is 15.5. The normalized spacial score (nSPS) is 15.3. The van der Waals surface area contributed by atoms with E-state index in [1.54, 1.807) is 29.7 Å². The molecule has 0 spiro atoms. The number of carbonyl (C=O) groups is 2. The maximum Gasteiger partial charge on any atom is 0.230 e. The summed E-state index contributed by atoms with van der Waals surface area (Å²) in [6, 6.07) is 5.70. The number of anilines is 2. The molecule has 0 radical (unpaired) electrons. The van der Waals surface area contributed by atoms with Crippen LogP contribution in [0.5, 0.6) is 0 Å². The van der Waals surface area contributed by atoms with Gasteiger partial charge in [-0.25, -0.2) is 9.37 Å². The molecule has 0 unspecified atom stereocenters. The summed E-state index contributed by atoms with van der Waals surface area (Å²) in [5, 5.41) is 2.30. The predicted molar refractivity (Wildman–Crippen MR) is 102 cm³/mol. The molecule has 1 amide bonds. The second-order valence-electron chi connectivity index (χ2n) is 6.46. The fraction of sp³-hybridized carbons (Fsp3) is 0.350. The Balaban J connectivity index is 1.74. The van der Waals surface area contributed by atoms with Crippen LogP contribution in [0.4, 0.5) is 15.2 Å². The number of thiazole rings is 1. The average Bonchev–Trinajstić information content (AvgIpc) is 3.10. The maximum absolute atomic E-state index is 13.1. The van der Waals surface area contributed by atoms with E-state index in [2.05, 4.69) is 4.98 Å². The first-order chi connectivity index (χ1) is 12.5. The summed E-state index contributed by atoms with van der Waals surface area (Å²) in [6.07, 6.45) is 8.70. The van der Waals surface area contributed by atoms with Crippen molar-refractivity contribution in [3.05, 3.63) is 47.2 Å². The number of hydrogen-bond donors (Lipinski definition) is 0. The number of amides is 1. The highest BCUT2D eigenvalue weighted by molar-refractivity contribution is 7.14. The zero-order chi connectivity index (χ0) is 18.5. The van der Waals surface area contributed by atoms with Crippen LogP contribution < -0.4 is 4.90 Å². The summed E-state index contributed by atoms with van der Waals surface area (Å²) in [5.74, 6) is -0.284. The summed E-state index contributed by atoms with van der Waals surface area (Å²) < 4.78 is 13.1. The first-order valence-corrected chi connectivity index (χ1v) is 9.66. The molecule has 0 saturated heterocycles. The molecule has 1 heterocycles. The SMILES string of the molecule is CC(=O)N(c1ccc(F)cc1)c1nc(/C=C/C(=O)C2CCCCC2)cs1. The molecule has 136 valence electrons. The van der Waals surface area contributed by atoms with Crippen molar-refractivity contribution in [1.29, 1.82) is 0 Å². The molecule has 2 aromatic rings. The molecule has 1 aliphatic carbocycles. The Morgan fingerprint density at radius 3 is 2.54 bits per heavy atom. The van der Waals surface area contributed by atoms with Crippen molar-refractivity contribution in [2.45, 2.75) is 39.0 Å². The quantitative estimate of drug-likeness (QED) is 0.684. The fourth-order valence-corrected chi connectivity index (χ4v) is 4.02. The molecule has 4 nitrogen and oxygen atoms in total. The monoisotopic (exact) mass is 372 g/mol. The average molecular weight is 372 g/mol. The molecule has 1 aromatic heterocycles. The predicted octanol–water partition coefficient (Wildman–Crippen LogP) is 5.13. The van der Waals surface area contributed by atoms with Crippen LogP contribution in [0, 0.1) is 11.7 Å². The molecule has 1 saturated carbocycles. The summed E-state index contributed by atoms with van der Waals surface area (Å²) >= 11 is 1.31. The highest BCUT2D eigenvalue weighted by Gasteiger charge is 2.20. The van der Waals surface area contributed by atoms with E-state index in [0.29, 0.717) is 16.5 Å². The third-order valence-corrected chi connectivity index (χ3v) is 5.37. The van der Waals surface area contributed by atoms with Gasteiger partial charge >= 0.3 is 0 Å². The molecule has 0 N–H and O–H groups in total. The van der Waals surface area contributed by atoms with Crippen molar-refractivity contribution in [3.8, 4) is 0 Å². The van der Waals surface area contributed by atoms with Crippen molar-refractivity contribution in [2.75, 3.05) is 4.90 Å². The summed E-state index contributed by atoms with van der Waals surface area (Å²) in [7, 11) is 0. The second kappa shape index (κ2) is 8.36. The second-order valence-corrected chi connectivity index (χ2v) is 7.29. The van der Waals surface area contributed by atoms with Gasteiger partial charge in [-0.2, -0.15) is 0 Å². The van der Waals surface area contributed by atoms with E-state index in [1.807, 2.05) is 0 Å². The van der Waals surface area contributed by atoms with Gasteiger partial charge in [-0.15, -0.1) is 11.3 Å². The fourth-order valence-electron chi connectivity index (χ4n) is 3.16. The topological polar surface area (TPSA) is 50.3 Å². The Morgan fingerprint density at radius 1 is 1.19 bits per heavy atom. The Morgan fingerprint density at radius 2 is 1.88 bits per heavy atom. The van der Waals surface area contributed by atoms with E-state index in [1.165, 1.54) is 41.7 Å². The summed E-state index contributed by atoms with van der Waals surface area (Å²) in [6.45, 7) is 1.44. The number of hydrogen-bond acceptors (Lipinski definition) is 4. The van der Waals surface area contributed by atoms with Crippen LogP contribution in [0.1, 0.15) is 44.7 Å². The van der Waals surface area contributed by atoms with Crippen molar-refractivity contribution >= 4 is 39.9 Å². The Hall–Kier alpha value is -2.34. The molecule has 1 fully saturated rings. The van der Waals surface area contributed by atoms with Crippen molar-refractivity contribution in [1.82, 2.24) is 4.98 Å². The first-order valence-electron chi connectivity index (χ1n) is 8.78. The van der Waals surface area contributed by atoms with E-state index in [0.717, 1.165) is 25.7 Å². The third kappa shape index (κ3) is 4.43. The number of aromatic nitrogens is 1. The molecule has 0 aliphatic heterocycles. The standard InChI is InChI=1S/C20H21FN2O2S/c1-14(24)23(18-10-7-16(21)8-11-18)20-22-17(13-26-20)9-12-19(25)15-5-3-2-4-6-15/h7-13,15H,2-6H2,1H3/b12-9+. The highest BCUT2D eigenvalue weighted by atomic mass is 32.1. The van der Waals surface area contributed by atoms with Gasteiger partial charge in [0.1, 0.15) is 5.82 Å². The minimum Gasteiger partial charge on any atom is -0.295 e. The highest BCUT2D eigenvalue weighted by Crippen LogP contribution is 2.30. The lowest BCUT2D eigenvalue weighted by Crippen LogP contribution is -2.22. The molecule has 0 bridgehead atoms. The summed E-state index contributed by atoms with van der Waals surface area (Å²) in [5.41, 5.74) is 1.20. The molecular formula is C20H21FN2O2S. The van der Waals surface area contributed by atoms with Gasteiger partial charge in [0.05, 0.1) is 11.4 Å². The number of allylic oxidation sites excluding steroid dienone is 1. The summed E-state index contributed by atoms with van der Waals surface area (Å²) in [4.78, 5) is 30.2. The maximum atomic E-state index is 13.1. The number of benzene rings is 1. The van der Waals surface area contributed by atoms with Crippen LogP contribution in [-0.2, 0) is 9.59 Å². The molecule has 6 heteroatoms. The van der Waals surface area contributed by atoms with Crippen LogP contribution in [0.2, 0.25) is 0 Å². The lowest BCUT2D eigenvalue weighted by molar-refractivity contribution is -0.119. The lowest BCUT2D eigenvalue weighted by atomic mass is 9.86. The number of nitrogens with zero attached hydrogens (tertiary/aromatic N) is 2. The molecular weight excluding hydrogens is 351 g/mol. The third-order valence-electron chi connectivity index (χ3n) is 4.53. The van der Waals surface area contributed by atoms with E-state index >= 15 is 0 Å². The van der Waals surface area contributed by atoms with Crippen LogP contribution in [0.15, 0.2) is 35.7 Å².